The van der Waals surface area contributed by atoms with Gasteiger partial charge in [-0.1, -0.05) is 12.1 Å². The molecule has 2 aromatic carbocycles. The molecule has 130 valence electrons. The van der Waals surface area contributed by atoms with Gasteiger partial charge in [0.05, 0.1) is 5.69 Å². The highest BCUT2D eigenvalue weighted by molar-refractivity contribution is 6.04. The van der Waals surface area contributed by atoms with Crippen LogP contribution in [0.3, 0.4) is 0 Å². The molecule has 1 aliphatic rings. The van der Waals surface area contributed by atoms with Gasteiger partial charge in [0.2, 0.25) is 6.79 Å². The summed E-state index contributed by atoms with van der Waals surface area (Å²) >= 11 is 0. The van der Waals surface area contributed by atoms with Gasteiger partial charge in [-0.25, -0.2) is 4.68 Å². The van der Waals surface area contributed by atoms with Gasteiger partial charge in [0.15, 0.2) is 11.5 Å². The molecule has 4 rings (SSSR count). The first kappa shape index (κ1) is 15.9. The summed E-state index contributed by atoms with van der Waals surface area (Å²) in [6.45, 7) is 0.162. The van der Waals surface area contributed by atoms with E-state index in [0.717, 1.165) is 5.56 Å². The second-order valence-electron chi connectivity index (χ2n) is 5.78. The van der Waals surface area contributed by atoms with Gasteiger partial charge in [0, 0.05) is 29.9 Å². The minimum Gasteiger partial charge on any atom is -0.454 e. The summed E-state index contributed by atoms with van der Waals surface area (Å²) < 4.78 is 11.8. The predicted octanol–water partition coefficient (Wildman–Crippen LogP) is 2.43. The Kier molecular flexibility index (Phi) is 3.89. The summed E-state index contributed by atoms with van der Waals surface area (Å²) in [5.74, 6) is 0.930. The number of hydrogen-bond donors (Lipinski definition) is 1. The van der Waals surface area contributed by atoms with Crippen LogP contribution < -0.4 is 20.3 Å². The fourth-order valence-electron chi connectivity index (χ4n) is 2.65. The first-order valence-electron chi connectivity index (χ1n) is 7.96. The van der Waals surface area contributed by atoms with Crippen LogP contribution >= 0.6 is 0 Å². The normalized spacial score (nSPS) is 12.0. The number of carbonyl (C=O) groups is 1. The number of hydrogen-bond acceptors (Lipinski definition) is 5. The van der Waals surface area contributed by atoms with Crippen molar-refractivity contribution in [3.8, 4) is 22.8 Å². The number of benzene rings is 2. The van der Waals surface area contributed by atoms with Gasteiger partial charge in [-0.05, 0) is 36.4 Å². The Balaban J connectivity index is 1.58. The third kappa shape index (κ3) is 3.02. The van der Waals surface area contributed by atoms with Crippen LogP contribution in [0.25, 0.3) is 11.3 Å². The van der Waals surface area contributed by atoms with E-state index < -0.39 is 0 Å². The maximum atomic E-state index is 12.5. The van der Waals surface area contributed by atoms with Crippen molar-refractivity contribution in [2.75, 3.05) is 12.1 Å². The van der Waals surface area contributed by atoms with Gasteiger partial charge in [-0.3, -0.25) is 9.59 Å². The molecule has 0 atom stereocenters. The first-order chi connectivity index (χ1) is 12.6. The van der Waals surface area contributed by atoms with E-state index in [4.69, 9.17) is 9.47 Å². The molecule has 7 heteroatoms. The SMILES string of the molecule is Cn1nc(-c2cccc(NC(=O)c3ccc4c(c3)OCO4)c2)ccc1=O. The van der Waals surface area contributed by atoms with E-state index >= 15 is 0 Å². The second kappa shape index (κ2) is 6.36. The minimum absolute atomic E-state index is 0.162. The van der Waals surface area contributed by atoms with E-state index in [2.05, 4.69) is 10.4 Å². The number of anilines is 1. The number of fused-ring (bicyclic) bond motifs is 1. The van der Waals surface area contributed by atoms with Crippen molar-refractivity contribution in [1.82, 2.24) is 9.78 Å². The number of aromatic nitrogens is 2. The van der Waals surface area contributed by atoms with Crippen LogP contribution in [0.15, 0.2) is 59.4 Å². The van der Waals surface area contributed by atoms with Crippen LogP contribution in [0, 0.1) is 0 Å². The standard InChI is InChI=1S/C19H15N3O4/c1-22-18(23)8-6-15(21-22)12-3-2-4-14(9-12)20-19(24)13-5-7-16-17(10-13)26-11-25-16/h2-10H,11H2,1H3,(H,20,24). The van der Waals surface area contributed by atoms with Crippen molar-refractivity contribution in [3.05, 3.63) is 70.5 Å². The van der Waals surface area contributed by atoms with E-state index in [9.17, 15) is 9.59 Å². The fraction of sp³-hybridized carbons (Fsp3) is 0.105. The van der Waals surface area contributed by atoms with E-state index in [-0.39, 0.29) is 18.3 Å². The monoisotopic (exact) mass is 349 g/mol. The summed E-state index contributed by atoms with van der Waals surface area (Å²) in [5.41, 5.74) is 2.36. The number of nitrogens with one attached hydrogen (secondary N) is 1. The van der Waals surface area contributed by atoms with Crippen molar-refractivity contribution in [2.45, 2.75) is 0 Å². The summed E-state index contributed by atoms with van der Waals surface area (Å²) in [5, 5.41) is 7.08. The molecule has 1 aromatic heterocycles. The zero-order chi connectivity index (χ0) is 18.1. The highest BCUT2D eigenvalue weighted by Gasteiger charge is 2.16. The molecule has 1 aliphatic heterocycles. The third-order valence-corrected chi connectivity index (χ3v) is 4.01. The van der Waals surface area contributed by atoms with Gasteiger partial charge >= 0.3 is 0 Å². The van der Waals surface area contributed by atoms with Gasteiger partial charge in [0.1, 0.15) is 0 Å². The quantitative estimate of drug-likeness (QED) is 0.785. The molecule has 0 aliphatic carbocycles. The molecular formula is C19H15N3O4. The Morgan fingerprint density at radius 3 is 2.77 bits per heavy atom. The molecule has 7 nitrogen and oxygen atoms in total. The van der Waals surface area contributed by atoms with E-state index in [1.165, 1.54) is 10.7 Å². The summed E-state index contributed by atoms with van der Waals surface area (Å²) in [6.07, 6.45) is 0. The summed E-state index contributed by atoms with van der Waals surface area (Å²) in [6, 6.07) is 15.4. The van der Waals surface area contributed by atoms with Gasteiger partial charge in [-0.15, -0.1) is 0 Å². The molecular weight excluding hydrogens is 334 g/mol. The van der Waals surface area contributed by atoms with Crippen LogP contribution in [0.5, 0.6) is 11.5 Å². The van der Waals surface area contributed by atoms with Crippen LogP contribution in [0.2, 0.25) is 0 Å². The number of carbonyl (C=O) groups excluding carboxylic acids is 1. The number of ether oxygens (including phenoxy) is 2. The molecule has 3 aromatic rings. The topological polar surface area (TPSA) is 82.5 Å². The zero-order valence-electron chi connectivity index (χ0n) is 13.9. The molecule has 0 spiro atoms. The number of nitrogens with zero attached hydrogens (tertiary/aromatic N) is 2. The molecule has 0 saturated carbocycles. The lowest BCUT2D eigenvalue weighted by Crippen LogP contribution is -2.18. The molecule has 1 amide bonds. The molecule has 26 heavy (non-hydrogen) atoms. The van der Waals surface area contributed by atoms with Crippen molar-refractivity contribution in [1.29, 1.82) is 0 Å². The Bertz CT molecular complexity index is 1060. The Morgan fingerprint density at radius 1 is 1.08 bits per heavy atom. The van der Waals surface area contributed by atoms with Crippen LogP contribution in [0.1, 0.15) is 10.4 Å². The molecule has 0 radical (unpaired) electrons. The van der Waals surface area contributed by atoms with Crippen LogP contribution in [-0.4, -0.2) is 22.5 Å². The molecule has 0 saturated heterocycles. The average molecular weight is 349 g/mol. The first-order valence-corrected chi connectivity index (χ1v) is 7.96. The van der Waals surface area contributed by atoms with Crippen molar-refractivity contribution < 1.29 is 14.3 Å². The van der Waals surface area contributed by atoms with E-state index in [1.54, 1.807) is 43.4 Å². The van der Waals surface area contributed by atoms with Crippen molar-refractivity contribution >= 4 is 11.6 Å². The Morgan fingerprint density at radius 2 is 1.92 bits per heavy atom. The van der Waals surface area contributed by atoms with Crippen molar-refractivity contribution in [2.24, 2.45) is 7.05 Å². The Hall–Kier alpha value is -3.61. The summed E-state index contributed by atoms with van der Waals surface area (Å²) in [7, 11) is 1.59. The maximum absolute atomic E-state index is 12.5. The molecule has 2 heterocycles. The molecule has 0 unspecified atom stereocenters. The predicted molar refractivity (Wildman–Crippen MR) is 95.4 cm³/mol. The zero-order valence-corrected chi connectivity index (χ0v) is 13.9. The number of aryl methyl sites for hydroxylation is 1. The minimum atomic E-state index is -0.256. The molecule has 1 N–H and O–H groups in total. The summed E-state index contributed by atoms with van der Waals surface area (Å²) in [4.78, 5) is 24.0. The highest BCUT2D eigenvalue weighted by Crippen LogP contribution is 2.32. The van der Waals surface area contributed by atoms with Gasteiger partial charge < -0.3 is 14.8 Å². The van der Waals surface area contributed by atoms with Gasteiger partial charge in [-0.2, -0.15) is 5.10 Å². The fourth-order valence-corrected chi connectivity index (χ4v) is 2.65. The van der Waals surface area contributed by atoms with E-state index in [1.807, 2.05) is 12.1 Å². The number of amides is 1. The lowest BCUT2D eigenvalue weighted by molar-refractivity contribution is 0.102. The lowest BCUT2D eigenvalue weighted by atomic mass is 10.1. The van der Waals surface area contributed by atoms with Gasteiger partial charge in [0.25, 0.3) is 11.5 Å². The smallest absolute Gasteiger partial charge is 0.266 e. The van der Waals surface area contributed by atoms with Crippen molar-refractivity contribution in [3.63, 3.8) is 0 Å². The van der Waals surface area contributed by atoms with Crippen LogP contribution in [-0.2, 0) is 7.05 Å². The van der Waals surface area contributed by atoms with Crippen LogP contribution in [0.4, 0.5) is 5.69 Å². The van der Waals surface area contributed by atoms with E-state index in [0.29, 0.717) is 28.4 Å². The largest absolute Gasteiger partial charge is 0.454 e. The average Bonchev–Trinajstić information content (AvgIpc) is 3.12. The lowest BCUT2D eigenvalue weighted by Gasteiger charge is -2.08. The maximum Gasteiger partial charge on any atom is 0.266 e. The number of rotatable bonds is 3. The second-order valence-corrected chi connectivity index (χ2v) is 5.78. The highest BCUT2D eigenvalue weighted by atomic mass is 16.7. The Labute approximate surface area is 148 Å². The molecule has 0 fully saturated rings. The molecule has 0 bridgehead atoms. The third-order valence-electron chi connectivity index (χ3n) is 4.01.